The average Bonchev–Trinajstić information content (AvgIpc) is 3.20. The summed E-state index contributed by atoms with van der Waals surface area (Å²) in [7, 11) is 3.24. The number of likely N-dealkylation sites (tertiary alicyclic amines) is 1. The summed E-state index contributed by atoms with van der Waals surface area (Å²) in [6.07, 6.45) is 0.951. The number of carbonyl (C=O) groups is 1. The van der Waals surface area contributed by atoms with Crippen molar-refractivity contribution in [2.75, 3.05) is 27.3 Å². The molecule has 140 valence electrons. The molecule has 26 heavy (non-hydrogen) atoms. The molecule has 0 radical (unpaired) electrons. The monoisotopic (exact) mass is 359 g/mol. The molecule has 1 amide bonds. The predicted octanol–water partition coefficient (Wildman–Crippen LogP) is 2.38. The van der Waals surface area contributed by atoms with Gasteiger partial charge in [0.05, 0.1) is 25.5 Å². The van der Waals surface area contributed by atoms with Gasteiger partial charge in [0.2, 0.25) is 11.8 Å². The van der Waals surface area contributed by atoms with E-state index in [1.54, 1.807) is 21.1 Å². The Balaban J connectivity index is 1.77. The summed E-state index contributed by atoms with van der Waals surface area (Å²) in [4.78, 5) is 18.2. The zero-order valence-corrected chi connectivity index (χ0v) is 15.7. The lowest BCUT2D eigenvalue weighted by Crippen LogP contribution is -2.35. The minimum Gasteiger partial charge on any atom is -0.497 e. The van der Waals surface area contributed by atoms with Crippen LogP contribution in [0.1, 0.15) is 24.8 Å². The van der Waals surface area contributed by atoms with Crippen LogP contribution in [0, 0.1) is 6.92 Å². The average molecular weight is 359 g/mol. The third-order valence-corrected chi connectivity index (χ3v) is 4.58. The van der Waals surface area contributed by atoms with Crippen LogP contribution in [0.4, 0.5) is 0 Å². The van der Waals surface area contributed by atoms with Crippen LogP contribution < -0.4 is 14.8 Å². The first-order chi connectivity index (χ1) is 12.5. The van der Waals surface area contributed by atoms with Gasteiger partial charge in [0.1, 0.15) is 17.3 Å². The molecule has 1 atom stereocenters. The Morgan fingerprint density at radius 3 is 2.88 bits per heavy atom. The first kappa shape index (κ1) is 18.3. The normalized spacial score (nSPS) is 17.3. The minimum absolute atomic E-state index is 0.0156. The van der Waals surface area contributed by atoms with Gasteiger partial charge in [-0.3, -0.25) is 9.69 Å². The second kappa shape index (κ2) is 7.78. The zero-order chi connectivity index (χ0) is 18.7. The fraction of sp³-hybridized carbons (Fsp3) is 0.474. The van der Waals surface area contributed by atoms with Gasteiger partial charge in [0.15, 0.2) is 0 Å². The standard InChI is InChI=1S/C19H25N3O4/c1-12-17(11-22-8-7-14(10-22)20-13(2)23)21-19(26-12)16-9-15(24-3)5-6-18(16)25-4/h5-6,9,14H,7-8,10-11H2,1-4H3,(H,20,23)/t14-/m0/s1. The van der Waals surface area contributed by atoms with Crippen molar-refractivity contribution in [3.8, 4) is 23.0 Å². The number of amides is 1. The summed E-state index contributed by atoms with van der Waals surface area (Å²) in [6, 6.07) is 5.74. The Hall–Kier alpha value is -2.54. The maximum Gasteiger partial charge on any atom is 0.230 e. The minimum atomic E-state index is 0.0156. The number of methoxy groups -OCH3 is 2. The van der Waals surface area contributed by atoms with Crippen LogP contribution in [0.15, 0.2) is 22.6 Å². The van der Waals surface area contributed by atoms with Crippen LogP contribution >= 0.6 is 0 Å². The smallest absolute Gasteiger partial charge is 0.230 e. The van der Waals surface area contributed by atoms with Crippen LogP contribution in [0.3, 0.4) is 0 Å². The fourth-order valence-corrected chi connectivity index (χ4v) is 3.26. The van der Waals surface area contributed by atoms with Crippen LogP contribution in [0.2, 0.25) is 0 Å². The van der Waals surface area contributed by atoms with Crippen LogP contribution in [0.25, 0.3) is 11.5 Å². The van der Waals surface area contributed by atoms with Crippen molar-refractivity contribution in [3.63, 3.8) is 0 Å². The van der Waals surface area contributed by atoms with Crippen LogP contribution in [0.5, 0.6) is 11.5 Å². The number of carbonyl (C=O) groups excluding carboxylic acids is 1. The van der Waals surface area contributed by atoms with Crippen molar-refractivity contribution < 1.29 is 18.7 Å². The van der Waals surface area contributed by atoms with Gasteiger partial charge >= 0.3 is 0 Å². The highest BCUT2D eigenvalue weighted by Gasteiger charge is 2.25. The predicted molar refractivity (Wildman–Crippen MR) is 97.3 cm³/mol. The zero-order valence-electron chi connectivity index (χ0n) is 15.7. The molecule has 0 bridgehead atoms. The molecule has 1 saturated heterocycles. The van der Waals surface area contributed by atoms with E-state index in [-0.39, 0.29) is 11.9 Å². The van der Waals surface area contributed by atoms with Crippen molar-refractivity contribution in [2.45, 2.75) is 32.9 Å². The molecule has 1 fully saturated rings. The highest BCUT2D eigenvalue weighted by atomic mass is 16.5. The first-order valence-electron chi connectivity index (χ1n) is 8.68. The van der Waals surface area contributed by atoms with E-state index in [1.807, 2.05) is 25.1 Å². The van der Waals surface area contributed by atoms with E-state index in [2.05, 4.69) is 15.2 Å². The maximum atomic E-state index is 11.2. The third kappa shape index (κ3) is 3.99. The third-order valence-electron chi connectivity index (χ3n) is 4.58. The van der Waals surface area contributed by atoms with Crippen LogP contribution in [-0.4, -0.2) is 49.1 Å². The molecule has 0 saturated carbocycles. The molecule has 0 aliphatic carbocycles. The largest absolute Gasteiger partial charge is 0.497 e. The van der Waals surface area contributed by atoms with E-state index in [0.717, 1.165) is 42.3 Å². The molecule has 7 nitrogen and oxygen atoms in total. The molecule has 1 N–H and O–H groups in total. The summed E-state index contributed by atoms with van der Waals surface area (Å²) in [5, 5.41) is 2.98. The summed E-state index contributed by atoms with van der Waals surface area (Å²) in [5.41, 5.74) is 1.66. The molecule has 0 unspecified atom stereocenters. The summed E-state index contributed by atoms with van der Waals surface area (Å²) < 4.78 is 16.6. The summed E-state index contributed by atoms with van der Waals surface area (Å²) >= 11 is 0. The van der Waals surface area contributed by atoms with E-state index >= 15 is 0 Å². The lowest BCUT2D eigenvalue weighted by molar-refractivity contribution is -0.119. The Morgan fingerprint density at radius 1 is 1.38 bits per heavy atom. The number of aryl methyl sites for hydroxylation is 1. The fourth-order valence-electron chi connectivity index (χ4n) is 3.26. The lowest BCUT2D eigenvalue weighted by atomic mass is 10.2. The van der Waals surface area contributed by atoms with Gasteiger partial charge in [-0.1, -0.05) is 0 Å². The van der Waals surface area contributed by atoms with E-state index in [1.165, 1.54) is 0 Å². The van der Waals surface area contributed by atoms with Crippen molar-refractivity contribution in [2.24, 2.45) is 0 Å². The van der Waals surface area contributed by atoms with Crippen molar-refractivity contribution in [3.05, 3.63) is 29.7 Å². The molecule has 2 heterocycles. The molecule has 1 aliphatic heterocycles. The number of hydrogen-bond donors (Lipinski definition) is 1. The molecule has 1 aliphatic rings. The highest BCUT2D eigenvalue weighted by molar-refractivity contribution is 5.73. The maximum absolute atomic E-state index is 11.2. The van der Waals surface area contributed by atoms with Gasteiger partial charge in [0.25, 0.3) is 0 Å². The second-order valence-corrected chi connectivity index (χ2v) is 6.51. The Labute approximate surface area is 153 Å². The van der Waals surface area contributed by atoms with Gasteiger partial charge < -0.3 is 19.2 Å². The highest BCUT2D eigenvalue weighted by Crippen LogP contribution is 2.34. The molecular weight excluding hydrogens is 334 g/mol. The number of nitrogens with one attached hydrogen (secondary N) is 1. The molecule has 0 spiro atoms. The molecule has 7 heteroatoms. The van der Waals surface area contributed by atoms with Gasteiger partial charge in [0, 0.05) is 32.6 Å². The Bertz CT molecular complexity index is 787. The number of ether oxygens (including phenoxy) is 2. The van der Waals surface area contributed by atoms with E-state index < -0.39 is 0 Å². The molecular formula is C19H25N3O4. The van der Waals surface area contributed by atoms with Crippen molar-refractivity contribution in [1.82, 2.24) is 15.2 Å². The number of hydrogen-bond acceptors (Lipinski definition) is 6. The molecule has 2 aromatic rings. The van der Waals surface area contributed by atoms with E-state index in [4.69, 9.17) is 13.9 Å². The van der Waals surface area contributed by atoms with E-state index in [9.17, 15) is 4.79 Å². The Kier molecular flexibility index (Phi) is 5.46. The molecule has 1 aromatic carbocycles. The van der Waals surface area contributed by atoms with E-state index in [0.29, 0.717) is 18.2 Å². The number of benzene rings is 1. The number of oxazole rings is 1. The topological polar surface area (TPSA) is 76.8 Å². The summed E-state index contributed by atoms with van der Waals surface area (Å²) in [5.74, 6) is 2.72. The molecule has 1 aromatic heterocycles. The van der Waals surface area contributed by atoms with Gasteiger partial charge in [-0.15, -0.1) is 0 Å². The van der Waals surface area contributed by atoms with Crippen molar-refractivity contribution >= 4 is 5.91 Å². The van der Waals surface area contributed by atoms with Crippen LogP contribution in [-0.2, 0) is 11.3 Å². The Morgan fingerprint density at radius 2 is 2.19 bits per heavy atom. The number of nitrogens with zero attached hydrogens (tertiary/aromatic N) is 2. The quantitative estimate of drug-likeness (QED) is 0.853. The van der Waals surface area contributed by atoms with Gasteiger partial charge in [-0.2, -0.15) is 0 Å². The van der Waals surface area contributed by atoms with Gasteiger partial charge in [-0.05, 0) is 31.5 Å². The number of rotatable bonds is 6. The summed E-state index contributed by atoms with van der Waals surface area (Å²) in [6.45, 7) is 5.91. The lowest BCUT2D eigenvalue weighted by Gasteiger charge is -2.15. The first-order valence-corrected chi connectivity index (χ1v) is 8.68. The number of aromatic nitrogens is 1. The van der Waals surface area contributed by atoms with Crippen molar-refractivity contribution in [1.29, 1.82) is 0 Å². The molecule has 3 rings (SSSR count). The second-order valence-electron chi connectivity index (χ2n) is 6.51. The van der Waals surface area contributed by atoms with Gasteiger partial charge in [-0.25, -0.2) is 4.98 Å². The SMILES string of the molecule is COc1ccc(OC)c(-c2nc(CN3CC[C@H](NC(C)=O)C3)c(C)o2)c1.